The Kier molecular flexibility index (Phi) is 3.39. The Morgan fingerprint density at radius 1 is 1.47 bits per heavy atom. The second-order valence-electron chi connectivity index (χ2n) is 3.14. The van der Waals surface area contributed by atoms with Crippen LogP contribution in [0.15, 0.2) is 12.1 Å². The van der Waals surface area contributed by atoms with E-state index in [4.69, 9.17) is 16.1 Å². The van der Waals surface area contributed by atoms with E-state index in [1.54, 1.807) is 0 Å². The van der Waals surface area contributed by atoms with Gasteiger partial charge in [0.05, 0.1) is 16.7 Å². The Morgan fingerprint density at radius 3 is 2.41 bits per heavy atom. The van der Waals surface area contributed by atoms with Gasteiger partial charge in [0.1, 0.15) is 6.07 Å². The van der Waals surface area contributed by atoms with Gasteiger partial charge in [0, 0.05) is 6.54 Å². The molecule has 0 spiro atoms. The number of rotatable bonds is 2. The van der Waals surface area contributed by atoms with Gasteiger partial charge >= 0.3 is 12.1 Å². The van der Waals surface area contributed by atoms with Gasteiger partial charge in [-0.05, 0) is 11.6 Å². The van der Waals surface area contributed by atoms with Gasteiger partial charge < -0.3 is 10.8 Å². The lowest BCUT2D eigenvalue weighted by Gasteiger charge is -2.13. The highest BCUT2D eigenvalue weighted by molar-refractivity contribution is 5.93. The number of nitriles is 1. The first-order valence-corrected chi connectivity index (χ1v) is 4.39. The van der Waals surface area contributed by atoms with Gasteiger partial charge in [-0.2, -0.15) is 18.4 Å². The topological polar surface area (TPSA) is 87.1 Å². The fourth-order valence-electron chi connectivity index (χ4n) is 1.40. The number of alkyl halides is 3. The monoisotopic (exact) mass is 244 g/mol. The minimum atomic E-state index is -4.83. The molecule has 3 N–H and O–H groups in total. The molecule has 1 aromatic carbocycles. The smallest absolute Gasteiger partial charge is 0.417 e. The van der Waals surface area contributed by atoms with E-state index in [9.17, 15) is 18.0 Å². The lowest BCUT2D eigenvalue weighted by Crippen LogP contribution is -2.16. The molecule has 0 bridgehead atoms. The zero-order chi connectivity index (χ0) is 13.2. The van der Waals surface area contributed by atoms with E-state index in [2.05, 4.69) is 0 Å². The van der Waals surface area contributed by atoms with Crippen LogP contribution in [0.3, 0.4) is 0 Å². The maximum atomic E-state index is 12.6. The minimum Gasteiger partial charge on any atom is -0.478 e. The van der Waals surface area contributed by atoms with Crippen molar-refractivity contribution in [1.82, 2.24) is 0 Å². The molecule has 0 aliphatic rings. The molecule has 90 valence electrons. The quantitative estimate of drug-likeness (QED) is 0.829. The number of carboxylic acids is 1. The molecule has 0 saturated heterocycles. The molecule has 1 rings (SSSR count). The van der Waals surface area contributed by atoms with Crippen LogP contribution in [0.5, 0.6) is 0 Å². The Balaban J connectivity index is 3.67. The van der Waals surface area contributed by atoms with Crippen molar-refractivity contribution in [2.24, 2.45) is 5.73 Å². The van der Waals surface area contributed by atoms with E-state index in [0.717, 1.165) is 6.07 Å². The SMILES string of the molecule is N#Cc1c(CN)ccc(C(F)(F)F)c1C(=O)O. The molecule has 4 nitrogen and oxygen atoms in total. The van der Waals surface area contributed by atoms with Gasteiger partial charge in [0.15, 0.2) is 0 Å². The van der Waals surface area contributed by atoms with Crippen molar-refractivity contribution in [3.05, 3.63) is 34.4 Å². The van der Waals surface area contributed by atoms with Crippen LogP contribution in [-0.2, 0) is 12.7 Å². The zero-order valence-corrected chi connectivity index (χ0v) is 8.38. The summed E-state index contributed by atoms with van der Waals surface area (Å²) in [5, 5.41) is 17.5. The number of nitrogens with two attached hydrogens (primary N) is 1. The fraction of sp³-hybridized carbons (Fsp3) is 0.200. The van der Waals surface area contributed by atoms with Gasteiger partial charge in [-0.1, -0.05) is 6.07 Å². The summed E-state index contributed by atoms with van der Waals surface area (Å²) in [6, 6.07) is 3.07. The third kappa shape index (κ3) is 2.37. The normalized spacial score (nSPS) is 11.0. The minimum absolute atomic E-state index is 0.0675. The Bertz CT molecular complexity index is 503. The number of nitrogens with zero attached hydrogens (tertiary/aromatic N) is 1. The maximum Gasteiger partial charge on any atom is 0.417 e. The summed E-state index contributed by atoms with van der Waals surface area (Å²) in [4.78, 5) is 10.8. The summed E-state index contributed by atoms with van der Waals surface area (Å²) in [7, 11) is 0. The molecule has 0 fully saturated rings. The van der Waals surface area contributed by atoms with Crippen LogP contribution in [0, 0.1) is 11.3 Å². The summed E-state index contributed by atoms with van der Waals surface area (Å²) in [5.74, 6) is -1.80. The van der Waals surface area contributed by atoms with Crippen molar-refractivity contribution >= 4 is 5.97 Å². The molecule has 0 saturated carbocycles. The van der Waals surface area contributed by atoms with E-state index >= 15 is 0 Å². The molecule has 0 unspecified atom stereocenters. The maximum absolute atomic E-state index is 12.6. The first-order valence-electron chi connectivity index (χ1n) is 4.39. The van der Waals surface area contributed by atoms with E-state index in [1.807, 2.05) is 0 Å². The number of carbonyl (C=O) groups is 1. The average molecular weight is 244 g/mol. The van der Waals surface area contributed by atoms with Crippen LogP contribution in [0.4, 0.5) is 13.2 Å². The first-order chi connectivity index (χ1) is 7.82. The van der Waals surface area contributed by atoms with Crippen LogP contribution >= 0.6 is 0 Å². The summed E-state index contributed by atoms with van der Waals surface area (Å²) in [6.07, 6.45) is -4.83. The van der Waals surface area contributed by atoms with Gasteiger partial charge in [-0.3, -0.25) is 0 Å². The third-order valence-corrected chi connectivity index (χ3v) is 2.14. The van der Waals surface area contributed by atoms with Gasteiger partial charge in [0.2, 0.25) is 0 Å². The highest BCUT2D eigenvalue weighted by Gasteiger charge is 2.37. The van der Waals surface area contributed by atoms with Crippen LogP contribution < -0.4 is 5.73 Å². The summed E-state index contributed by atoms with van der Waals surface area (Å²) in [6.45, 7) is -0.207. The van der Waals surface area contributed by atoms with Crippen LogP contribution in [0.1, 0.15) is 27.0 Å². The predicted octanol–water partition coefficient (Wildman–Crippen LogP) is 1.73. The first kappa shape index (κ1) is 13.0. The number of halogens is 3. The molecule has 0 heterocycles. The Labute approximate surface area is 94.1 Å². The van der Waals surface area contributed by atoms with Crippen molar-refractivity contribution in [3.63, 3.8) is 0 Å². The summed E-state index contributed by atoms with van der Waals surface area (Å²) >= 11 is 0. The number of hydrogen-bond acceptors (Lipinski definition) is 3. The molecule has 0 aromatic heterocycles. The van der Waals surface area contributed by atoms with Gasteiger partial charge in [-0.25, -0.2) is 4.79 Å². The molecule has 0 radical (unpaired) electrons. The van der Waals surface area contributed by atoms with Gasteiger partial charge in [-0.15, -0.1) is 0 Å². The predicted molar refractivity (Wildman–Crippen MR) is 51.0 cm³/mol. The van der Waals surface area contributed by atoms with Gasteiger partial charge in [0.25, 0.3) is 0 Å². The number of carboxylic acid groups (broad SMARTS) is 1. The second-order valence-corrected chi connectivity index (χ2v) is 3.14. The van der Waals surface area contributed by atoms with E-state index in [0.29, 0.717) is 6.07 Å². The molecule has 0 amide bonds. The van der Waals surface area contributed by atoms with Crippen molar-refractivity contribution in [1.29, 1.82) is 5.26 Å². The molecule has 17 heavy (non-hydrogen) atoms. The average Bonchev–Trinajstić information content (AvgIpc) is 2.25. The fourth-order valence-corrected chi connectivity index (χ4v) is 1.40. The lowest BCUT2D eigenvalue weighted by atomic mass is 9.96. The van der Waals surface area contributed by atoms with Crippen LogP contribution in [0.2, 0.25) is 0 Å². The highest BCUT2D eigenvalue weighted by atomic mass is 19.4. The molecular weight excluding hydrogens is 237 g/mol. The van der Waals surface area contributed by atoms with Crippen LogP contribution in [0.25, 0.3) is 0 Å². The summed E-state index contributed by atoms with van der Waals surface area (Å²) in [5.41, 5.74) is 2.35. The van der Waals surface area contributed by atoms with E-state index in [-0.39, 0.29) is 12.1 Å². The van der Waals surface area contributed by atoms with Crippen molar-refractivity contribution in [3.8, 4) is 6.07 Å². The molecule has 0 aliphatic carbocycles. The molecule has 7 heteroatoms. The molecular formula is C10H7F3N2O2. The Morgan fingerprint density at radius 2 is 2.06 bits per heavy atom. The van der Waals surface area contributed by atoms with Crippen molar-refractivity contribution < 1.29 is 23.1 Å². The third-order valence-electron chi connectivity index (χ3n) is 2.14. The lowest BCUT2D eigenvalue weighted by molar-refractivity contribution is -0.138. The van der Waals surface area contributed by atoms with E-state index < -0.39 is 28.8 Å². The van der Waals surface area contributed by atoms with Crippen LogP contribution in [-0.4, -0.2) is 11.1 Å². The highest BCUT2D eigenvalue weighted by Crippen LogP contribution is 2.34. The summed E-state index contributed by atoms with van der Waals surface area (Å²) < 4.78 is 37.7. The number of benzene rings is 1. The number of aromatic carboxylic acids is 1. The largest absolute Gasteiger partial charge is 0.478 e. The molecule has 0 aliphatic heterocycles. The molecule has 0 atom stereocenters. The zero-order valence-electron chi connectivity index (χ0n) is 8.38. The molecule has 1 aromatic rings. The number of hydrogen-bond donors (Lipinski definition) is 2. The van der Waals surface area contributed by atoms with Crippen molar-refractivity contribution in [2.45, 2.75) is 12.7 Å². The van der Waals surface area contributed by atoms with Crippen molar-refractivity contribution in [2.75, 3.05) is 0 Å². The standard InChI is InChI=1S/C10H7F3N2O2/c11-10(12,13)7-2-1-5(3-14)6(4-15)8(7)9(16)17/h1-2H,3,14H2,(H,16,17). The Hall–Kier alpha value is -2.07. The second kappa shape index (κ2) is 4.43. The van der Waals surface area contributed by atoms with E-state index in [1.165, 1.54) is 6.07 Å².